The van der Waals surface area contributed by atoms with E-state index in [4.69, 9.17) is 10.2 Å². The third-order valence-electron chi connectivity index (χ3n) is 5.71. The number of aliphatic carboxylic acids is 2. The fourth-order valence-electron chi connectivity index (χ4n) is 4.10. The topological polar surface area (TPSA) is 102 Å². The molecule has 1 aliphatic rings. The van der Waals surface area contributed by atoms with Crippen molar-refractivity contribution in [1.82, 2.24) is 4.90 Å². The van der Waals surface area contributed by atoms with Crippen LogP contribution in [0.5, 0.6) is 0 Å². The highest BCUT2D eigenvalue weighted by molar-refractivity contribution is 5.89. The summed E-state index contributed by atoms with van der Waals surface area (Å²) in [5.74, 6) is -2.51. The molecule has 1 saturated heterocycles. The number of hydrogen-bond donors (Lipinski definition) is 2. The summed E-state index contributed by atoms with van der Waals surface area (Å²) in [5.41, 5.74) is 1.62. The van der Waals surface area contributed by atoms with E-state index in [9.17, 15) is 14.9 Å². The van der Waals surface area contributed by atoms with Crippen molar-refractivity contribution in [2.75, 3.05) is 13.1 Å². The number of piperidine rings is 1. The maximum Gasteiger partial charge on any atom is 0.328 e. The molecule has 0 aliphatic carbocycles. The lowest BCUT2D eigenvalue weighted by atomic mass is 9.71. The van der Waals surface area contributed by atoms with Crippen LogP contribution >= 0.6 is 0 Å². The highest BCUT2D eigenvalue weighted by atomic mass is 16.4. The summed E-state index contributed by atoms with van der Waals surface area (Å²) in [7, 11) is 0. The van der Waals surface area contributed by atoms with Crippen molar-refractivity contribution < 1.29 is 19.8 Å². The molecule has 1 atom stereocenters. The van der Waals surface area contributed by atoms with Crippen molar-refractivity contribution in [3.8, 4) is 6.07 Å². The van der Waals surface area contributed by atoms with Crippen LogP contribution in [0.1, 0.15) is 43.7 Å². The zero-order valence-electron chi connectivity index (χ0n) is 18.4. The minimum Gasteiger partial charge on any atom is -0.478 e. The Kier molecular flexibility index (Phi) is 9.65. The van der Waals surface area contributed by atoms with Crippen molar-refractivity contribution in [3.63, 3.8) is 0 Å². The van der Waals surface area contributed by atoms with E-state index in [1.165, 1.54) is 19.3 Å². The van der Waals surface area contributed by atoms with Crippen LogP contribution in [0.3, 0.4) is 0 Å². The van der Waals surface area contributed by atoms with Gasteiger partial charge >= 0.3 is 11.9 Å². The first-order valence-corrected chi connectivity index (χ1v) is 10.8. The number of benzene rings is 2. The Morgan fingerprint density at radius 3 is 1.75 bits per heavy atom. The number of nitrogens with zero attached hydrogens (tertiary/aromatic N) is 2. The summed E-state index contributed by atoms with van der Waals surface area (Å²) < 4.78 is 0. The number of likely N-dealkylation sites (tertiary alicyclic amines) is 1. The zero-order chi connectivity index (χ0) is 23.4. The van der Waals surface area contributed by atoms with Gasteiger partial charge in [0.05, 0.1) is 6.07 Å². The Morgan fingerprint density at radius 2 is 1.38 bits per heavy atom. The Hall–Kier alpha value is -3.43. The van der Waals surface area contributed by atoms with Crippen LogP contribution in [0.4, 0.5) is 0 Å². The maximum atomic E-state index is 10.3. The molecule has 2 aromatic rings. The van der Waals surface area contributed by atoms with Gasteiger partial charge in [-0.2, -0.15) is 5.26 Å². The Bertz CT molecular complexity index is 874. The largest absolute Gasteiger partial charge is 0.478 e. The lowest BCUT2D eigenvalue weighted by Crippen LogP contribution is -2.42. The second-order valence-electron chi connectivity index (χ2n) is 7.91. The predicted octanol–water partition coefficient (Wildman–Crippen LogP) is 4.47. The average molecular weight is 435 g/mol. The van der Waals surface area contributed by atoms with E-state index < -0.39 is 17.4 Å². The molecule has 0 amide bonds. The minimum absolute atomic E-state index is 0.394. The van der Waals surface area contributed by atoms with Gasteiger partial charge in [-0.3, -0.25) is 0 Å². The molecule has 168 valence electrons. The van der Waals surface area contributed by atoms with Crippen LogP contribution in [0.25, 0.3) is 0 Å². The lowest BCUT2D eigenvalue weighted by molar-refractivity contribution is -0.134. The van der Waals surface area contributed by atoms with Gasteiger partial charge in [0.15, 0.2) is 0 Å². The summed E-state index contributed by atoms with van der Waals surface area (Å²) in [6.45, 7) is 4.60. The first-order valence-electron chi connectivity index (χ1n) is 10.8. The highest BCUT2D eigenvalue weighted by Crippen LogP contribution is 2.37. The van der Waals surface area contributed by atoms with E-state index in [0.717, 1.165) is 30.6 Å². The number of carbonyl (C=O) groups is 2. The summed E-state index contributed by atoms with van der Waals surface area (Å²) in [4.78, 5) is 21.7. The normalized spacial score (nSPS) is 15.2. The van der Waals surface area contributed by atoms with Gasteiger partial charge in [0.1, 0.15) is 5.41 Å². The molecule has 1 heterocycles. The third kappa shape index (κ3) is 7.07. The molecule has 6 nitrogen and oxygen atoms in total. The Labute approximate surface area is 189 Å². The molecule has 1 unspecified atom stereocenters. The predicted molar refractivity (Wildman–Crippen MR) is 123 cm³/mol. The molecular formula is C26H30N2O4. The van der Waals surface area contributed by atoms with E-state index in [1.807, 2.05) is 36.4 Å². The van der Waals surface area contributed by atoms with E-state index >= 15 is 0 Å². The molecule has 0 aromatic heterocycles. The van der Waals surface area contributed by atoms with Gasteiger partial charge in [-0.05, 0) is 50.4 Å². The van der Waals surface area contributed by atoms with Gasteiger partial charge in [0.25, 0.3) is 0 Å². The van der Waals surface area contributed by atoms with Crippen LogP contribution in [0, 0.1) is 11.3 Å². The highest BCUT2D eigenvalue weighted by Gasteiger charge is 2.37. The number of rotatable bonds is 7. The summed E-state index contributed by atoms with van der Waals surface area (Å²) >= 11 is 0. The number of carboxylic acids is 2. The maximum absolute atomic E-state index is 10.3. The molecule has 1 fully saturated rings. The van der Waals surface area contributed by atoms with Gasteiger partial charge in [-0.25, -0.2) is 9.59 Å². The molecule has 3 rings (SSSR count). The van der Waals surface area contributed by atoms with E-state index in [-0.39, 0.29) is 0 Å². The first kappa shape index (κ1) is 24.8. The summed E-state index contributed by atoms with van der Waals surface area (Å²) in [6, 6.07) is 23.7. The first-order chi connectivity index (χ1) is 15.4. The van der Waals surface area contributed by atoms with Crippen molar-refractivity contribution in [2.45, 2.75) is 44.1 Å². The van der Waals surface area contributed by atoms with E-state index in [1.54, 1.807) is 0 Å². The smallest absolute Gasteiger partial charge is 0.328 e. The number of nitriles is 1. The molecule has 0 radical (unpaired) electrons. The molecule has 2 aromatic carbocycles. The fourth-order valence-corrected chi connectivity index (χ4v) is 4.10. The van der Waals surface area contributed by atoms with Crippen molar-refractivity contribution in [2.24, 2.45) is 0 Å². The van der Waals surface area contributed by atoms with Crippen LogP contribution < -0.4 is 0 Å². The van der Waals surface area contributed by atoms with Crippen LogP contribution in [0.2, 0.25) is 0 Å². The van der Waals surface area contributed by atoms with Gasteiger partial charge < -0.3 is 15.1 Å². The molecule has 0 bridgehead atoms. The Morgan fingerprint density at radius 1 is 0.938 bits per heavy atom. The Balaban J connectivity index is 0.000000390. The minimum atomic E-state index is -1.26. The van der Waals surface area contributed by atoms with Gasteiger partial charge in [0, 0.05) is 18.2 Å². The quantitative estimate of drug-likeness (QED) is 0.624. The summed E-state index contributed by atoms with van der Waals surface area (Å²) in [5, 5.41) is 25.9. The second-order valence-corrected chi connectivity index (χ2v) is 7.91. The molecule has 0 saturated carbocycles. The lowest BCUT2D eigenvalue weighted by Gasteiger charge is -2.38. The molecule has 32 heavy (non-hydrogen) atoms. The fraction of sp³-hybridized carbons (Fsp3) is 0.346. The van der Waals surface area contributed by atoms with Crippen LogP contribution in [-0.4, -0.2) is 46.2 Å². The van der Waals surface area contributed by atoms with E-state index in [0.29, 0.717) is 18.2 Å². The van der Waals surface area contributed by atoms with Gasteiger partial charge in [0.2, 0.25) is 0 Å². The molecule has 1 aliphatic heterocycles. The SMILES string of the molecule is CC(CC(C#N)(c1ccccc1)c1ccccc1)N1CCCCC1.O=C(O)/C=C/C(=O)O. The third-order valence-corrected chi connectivity index (χ3v) is 5.71. The van der Waals surface area contributed by atoms with Gasteiger partial charge in [-0.15, -0.1) is 0 Å². The number of hydrogen-bond acceptors (Lipinski definition) is 4. The monoisotopic (exact) mass is 434 g/mol. The van der Waals surface area contributed by atoms with Crippen LogP contribution in [-0.2, 0) is 15.0 Å². The molecule has 6 heteroatoms. The zero-order valence-corrected chi connectivity index (χ0v) is 18.4. The van der Waals surface area contributed by atoms with Crippen molar-refractivity contribution in [1.29, 1.82) is 5.26 Å². The summed E-state index contributed by atoms with van der Waals surface area (Å²) in [6.07, 6.45) is 5.84. The van der Waals surface area contributed by atoms with E-state index in [2.05, 4.69) is 42.2 Å². The van der Waals surface area contributed by atoms with Gasteiger partial charge in [-0.1, -0.05) is 67.1 Å². The van der Waals surface area contributed by atoms with Crippen molar-refractivity contribution >= 4 is 11.9 Å². The molecule has 2 N–H and O–H groups in total. The van der Waals surface area contributed by atoms with Crippen LogP contribution in [0.15, 0.2) is 72.8 Å². The van der Waals surface area contributed by atoms with Crippen molar-refractivity contribution in [3.05, 3.63) is 83.9 Å². The molecular weight excluding hydrogens is 404 g/mol. The second kappa shape index (κ2) is 12.4. The average Bonchev–Trinajstić information content (AvgIpc) is 2.83. The number of carboxylic acid groups (broad SMARTS) is 2. The molecule has 0 spiro atoms. The standard InChI is InChI=1S/C22H26N2.C4H4O4/c1-19(24-15-9-4-10-16-24)17-22(18-23,20-11-5-2-6-12-20)21-13-7-3-8-14-21;5-3(6)1-2-4(7)8/h2-3,5-8,11-14,19H,4,9-10,15-17H2,1H3;1-2H,(H,5,6)(H,7,8)/b;2-1+.